The van der Waals surface area contributed by atoms with Crippen molar-refractivity contribution >= 4 is 11.8 Å². The summed E-state index contributed by atoms with van der Waals surface area (Å²) in [6.45, 7) is 1.62. The summed E-state index contributed by atoms with van der Waals surface area (Å²) >= 11 is 0. The molecule has 0 N–H and O–H groups in total. The predicted molar refractivity (Wildman–Crippen MR) is 87.6 cm³/mol. The van der Waals surface area contributed by atoms with Crippen LogP contribution >= 0.6 is 0 Å². The van der Waals surface area contributed by atoms with Gasteiger partial charge < -0.3 is 4.90 Å². The molecule has 5 heteroatoms. The second-order valence-corrected chi connectivity index (χ2v) is 5.05. The average Bonchev–Trinajstić information content (AvgIpc) is 2.54. The van der Waals surface area contributed by atoms with Gasteiger partial charge in [0.1, 0.15) is 0 Å². The Labute approximate surface area is 130 Å². The minimum Gasteiger partial charge on any atom is -0.302 e. The van der Waals surface area contributed by atoms with Crippen molar-refractivity contribution in [2.45, 2.75) is 6.42 Å². The molecule has 0 bridgehead atoms. The third-order valence-electron chi connectivity index (χ3n) is 3.32. The van der Waals surface area contributed by atoms with Crippen molar-refractivity contribution in [2.75, 3.05) is 20.1 Å². The van der Waals surface area contributed by atoms with E-state index in [2.05, 4.69) is 9.88 Å². The molecule has 0 aliphatic heterocycles. The van der Waals surface area contributed by atoms with E-state index in [1.165, 1.54) is 6.07 Å². The molecule has 0 unspecified atom stereocenters. The molecule has 0 aliphatic rings. The van der Waals surface area contributed by atoms with Crippen LogP contribution in [0.2, 0.25) is 0 Å². The number of para-hydroxylation sites is 1. The molecular formula is C17H19N3O2. The van der Waals surface area contributed by atoms with E-state index in [9.17, 15) is 10.1 Å². The Hall–Kier alpha value is -2.53. The number of nitrogens with zero attached hydrogens (tertiary/aromatic N) is 3. The number of nitro groups is 1. The van der Waals surface area contributed by atoms with Crippen LogP contribution in [0.3, 0.4) is 0 Å². The van der Waals surface area contributed by atoms with Crippen molar-refractivity contribution < 1.29 is 4.92 Å². The molecule has 0 radical (unpaired) electrons. The van der Waals surface area contributed by atoms with Gasteiger partial charge in [0.15, 0.2) is 0 Å². The van der Waals surface area contributed by atoms with Gasteiger partial charge in [0.2, 0.25) is 0 Å². The Balaban J connectivity index is 1.86. The molecule has 5 nitrogen and oxygen atoms in total. The van der Waals surface area contributed by atoms with E-state index < -0.39 is 0 Å². The van der Waals surface area contributed by atoms with E-state index in [0.29, 0.717) is 5.56 Å². The summed E-state index contributed by atoms with van der Waals surface area (Å²) in [6.07, 6.45) is 6.43. The summed E-state index contributed by atoms with van der Waals surface area (Å²) in [4.78, 5) is 17.0. The molecule has 0 saturated carbocycles. The van der Waals surface area contributed by atoms with Crippen LogP contribution in [0.25, 0.3) is 6.08 Å². The lowest BCUT2D eigenvalue weighted by atomic mass is 10.1. The number of aromatic nitrogens is 1. The molecule has 0 aliphatic carbocycles. The summed E-state index contributed by atoms with van der Waals surface area (Å²) in [5.74, 6) is 0. The van der Waals surface area contributed by atoms with Gasteiger partial charge in [-0.15, -0.1) is 0 Å². The van der Waals surface area contributed by atoms with Crippen molar-refractivity contribution in [3.05, 3.63) is 76.1 Å². The van der Waals surface area contributed by atoms with Crippen LogP contribution in [0.4, 0.5) is 5.69 Å². The number of hydrogen-bond acceptors (Lipinski definition) is 4. The zero-order chi connectivity index (χ0) is 15.8. The zero-order valence-electron chi connectivity index (χ0n) is 12.6. The third kappa shape index (κ3) is 4.79. The lowest BCUT2D eigenvalue weighted by Gasteiger charge is -2.13. The maximum Gasteiger partial charge on any atom is 0.276 e. The monoisotopic (exact) mass is 297 g/mol. The molecule has 2 rings (SSSR count). The first-order chi connectivity index (χ1) is 10.7. The molecule has 0 saturated heterocycles. The predicted octanol–water partition coefficient (Wildman–Crippen LogP) is 3.18. The lowest BCUT2D eigenvalue weighted by Crippen LogP contribution is -2.21. The highest BCUT2D eigenvalue weighted by Gasteiger charge is 2.08. The highest BCUT2D eigenvalue weighted by Crippen LogP contribution is 2.18. The smallest absolute Gasteiger partial charge is 0.276 e. The lowest BCUT2D eigenvalue weighted by molar-refractivity contribution is -0.385. The summed E-state index contributed by atoms with van der Waals surface area (Å²) in [6, 6.07) is 12.6. The summed E-state index contributed by atoms with van der Waals surface area (Å²) in [7, 11) is 2.02. The van der Waals surface area contributed by atoms with Gasteiger partial charge in [-0.25, -0.2) is 0 Å². The molecule has 0 amide bonds. The van der Waals surface area contributed by atoms with Crippen LogP contribution in [0.1, 0.15) is 11.3 Å². The van der Waals surface area contributed by atoms with Gasteiger partial charge in [0.25, 0.3) is 5.69 Å². The minimum atomic E-state index is -0.357. The second kappa shape index (κ2) is 8.05. The Bertz CT molecular complexity index is 641. The fourth-order valence-corrected chi connectivity index (χ4v) is 2.10. The Kier molecular flexibility index (Phi) is 5.80. The van der Waals surface area contributed by atoms with Gasteiger partial charge in [0, 0.05) is 37.5 Å². The Morgan fingerprint density at radius 1 is 1.23 bits per heavy atom. The molecule has 22 heavy (non-hydrogen) atoms. The number of rotatable bonds is 7. The number of nitro benzene ring substituents is 1. The first-order valence-corrected chi connectivity index (χ1v) is 7.15. The molecule has 0 spiro atoms. The van der Waals surface area contributed by atoms with E-state index in [0.717, 1.165) is 25.2 Å². The summed E-state index contributed by atoms with van der Waals surface area (Å²) in [5.41, 5.74) is 1.83. The topological polar surface area (TPSA) is 59.3 Å². The van der Waals surface area contributed by atoms with E-state index in [4.69, 9.17) is 0 Å². The standard InChI is InChI=1S/C17H19N3O2/c1-19(14-11-16-9-4-5-12-18-16)13-6-8-15-7-2-3-10-17(15)20(21)22/h2-10,12H,11,13-14H2,1H3. The quantitative estimate of drug-likeness (QED) is 0.582. The summed E-state index contributed by atoms with van der Waals surface area (Å²) < 4.78 is 0. The van der Waals surface area contributed by atoms with Gasteiger partial charge in [-0.3, -0.25) is 15.1 Å². The molecule has 1 aromatic carbocycles. The van der Waals surface area contributed by atoms with Crippen molar-refractivity contribution in [2.24, 2.45) is 0 Å². The van der Waals surface area contributed by atoms with Gasteiger partial charge in [0.05, 0.1) is 10.5 Å². The Morgan fingerprint density at radius 3 is 2.73 bits per heavy atom. The molecule has 0 fully saturated rings. The Morgan fingerprint density at radius 2 is 2.00 bits per heavy atom. The van der Waals surface area contributed by atoms with Crippen LogP contribution in [-0.4, -0.2) is 34.9 Å². The van der Waals surface area contributed by atoms with E-state index in [1.54, 1.807) is 30.5 Å². The van der Waals surface area contributed by atoms with E-state index in [1.807, 2.05) is 31.3 Å². The molecule has 114 valence electrons. The molecule has 1 aromatic heterocycles. The van der Waals surface area contributed by atoms with Crippen molar-refractivity contribution in [3.8, 4) is 0 Å². The first-order valence-electron chi connectivity index (χ1n) is 7.15. The van der Waals surface area contributed by atoms with Crippen molar-refractivity contribution in [1.82, 2.24) is 9.88 Å². The van der Waals surface area contributed by atoms with E-state index in [-0.39, 0.29) is 10.6 Å². The molecule has 0 atom stereocenters. The van der Waals surface area contributed by atoms with Gasteiger partial charge >= 0.3 is 0 Å². The molecular weight excluding hydrogens is 278 g/mol. The third-order valence-corrected chi connectivity index (χ3v) is 3.32. The number of hydrogen-bond donors (Lipinski definition) is 0. The highest BCUT2D eigenvalue weighted by atomic mass is 16.6. The average molecular weight is 297 g/mol. The summed E-state index contributed by atoms with van der Waals surface area (Å²) in [5, 5.41) is 10.9. The molecule has 2 aromatic rings. The second-order valence-electron chi connectivity index (χ2n) is 5.05. The molecule has 1 heterocycles. The number of pyridine rings is 1. The maximum atomic E-state index is 10.9. The van der Waals surface area contributed by atoms with E-state index >= 15 is 0 Å². The largest absolute Gasteiger partial charge is 0.302 e. The van der Waals surface area contributed by atoms with Crippen molar-refractivity contribution in [3.63, 3.8) is 0 Å². The van der Waals surface area contributed by atoms with Crippen molar-refractivity contribution in [1.29, 1.82) is 0 Å². The minimum absolute atomic E-state index is 0.134. The van der Waals surface area contributed by atoms with Gasteiger partial charge in [-0.2, -0.15) is 0 Å². The van der Waals surface area contributed by atoms with Gasteiger partial charge in [-0.05, 0) is 25.2 Å². The van der Waals surface area contributed by atoms with Crippen LogP contribution < -0.4 is 0 Å². The zero-order valence-corrected chi connectivity index (χ0v) is 12.6. The van der Waals surface area contributed by atoms with Gasteiger partial charge in [-0.1, -0.05) is 30.4 Å². The van der Waals surface area contributed by atoms with Crippen LogP contribution in [0.15, 0.2) is 54.7 Å². The SMILES string of the molecule is CN(CC=Cc1ccccc1[N+](=O)[O-])CCc1ccccn1. The first kappa shape index (κ1) is 15.9. The number of likely N-dealkylation sites (N-methyl/N-ethyl adjacent to an activating group) is 1. The number of benzene rings is 1. The van der Waals surface area contributed by atoms with Crippen LogP contribution in [0, 0.1) is 10.1 Å². The normalized spacial score (nSPS) is 11.2. The maximum absolute atomic E-state index is 10.9. The van der Waals surface area contributed by atoms with Crippen LogP contribution in [-0.2, 0) is 6.42 Å². The fraction of sp³-hybridized carbons (Fsp3) is 0.235. The fourth-order valence-electron chi connectivity index (χ4n) is 2.10. The van der Waals surface area contributed by atoms with Crippen LogP contribution in [0.5, 0.6) is 0 Å². The highest BCUT2D eigenvalue weighted by molar-refractivity contribution is 5.60.